The van der Waals surface area contributed by atoms with Crippen molar-refractivity contribution in [2.45, 2.75) is 38.8 Å². The smallest absolute Gasteiger partial charge is 0.119 e. The van der Waals surface area contributed by atoms with E-state index in [2.05, 4.69) is 23.5 Å². The van der Waals surface area contributed by atoms with Crippen LogP contribution in [0.3, 0.4) is 0 Å². The SMILES string of the molecule is CCOc1cccc(CNC2CCCOCC2)c1. The fourth-order valence-electron chi connectivity index (χ4n) is 2.28. The first-order chi connectivity index (χ1) is 8.88. The summed E-state index contributed by atoms with van der Waals surface area (Å²) in [6.45, 7) is 5.44. The molecular weight excluding hydrogens is 226 g/mol. The minimum absolute atomic E-state index is 0.586. The largest absolute Gasteiger partial charge is 0.494 e. The van der Waals surface area contributed by atoms with Crippen LogP contribution in [0.4, 0.5) is 0 Å². The van der Waals surface area contributed by atoms with E-state index in [1.807, 2.05) is 13.0 Å². The number of rotatable bonds is 5. The molecule has 1 aliphatic rings. The van der Waals surface area contributed by atoms with Crippen LogP contribution >= 0.6 is 0 Å². The predicted molar refractivity (Wildman–Crippen MR) is 72.9 cm³/mol. The summed E-state index contributed by atoms with van der Waals surface area (Å²) in [6, 6.07) is 8.90. The first kappa shape index (κ1) is 13.4. The van der Waals surface area contributed by atoms with Crippen molar-refractivity contribution in [3.05, 3.63) is 29.8 Å². The number of ether oxygens (including phenoxy) is 2. The van der Waals surface area contributed by atoms with E-state index in [0.29, 0.717) is 6.04 Å². The van der Waals surface area contributed by atoms with Crippen molar-refractivity contribution < 1.29 is 9.47 Å². The van der Waals surface area contributed by atoms with E-state index in [9.17, 15) is 0 Å². The van der Waals surface area contributed by atoms with Gasteiger partial charge in [0.25, 0.3) is 0 Å². The quantitative estimate of drug-likeness (QED) is 0.870. The molecule has 2 rings (SSSR count). The second-order valence-corrected chi connectivity index (χ2v) is 4.70. The second-order valence-electron chi connectivity index (χ2n) is 4.70. The van der Waals surface area contributed by atoms with E-state index < -0.39 is 0 Å². The third kappa shape index (κ3) is 4.31. The van der Waals surface area contributed by atoms with Crippen molar-refractivity contribution in [3.8, 4) is 5.75 Å². The van der Waals surface area contributed by atoms with Crippen LogP contribution in [0, 0.1) is 0 Å². The lowest BCUT2D eigenvalue weighted by Crippen LogP contribution is -2.28. The Morgan fingerprint density at radius 3 is 3.17 bits per heavy atom. The van der Waals surface area contributed by atoms with Crippen LogP contribution in [0.1, 0.15) is 31.7 Å². The fourth-order valence-corrected chi connectivity index (χ4v) is 2.28. The van der Waals surface area contributed by atoms with Gasteiger partial charge in [0.2, 0.25) is 0 Å². The van der Waals surface area contributed by atoms with Crippen molar-refractivity contribution in [1.29, 1.82) is 0 Å². The number of nitrogens with one attached hydrogen (secondary N) is 1. The van der Waals surface area contributed by atoms with Crippen molar-refractivity contribution >= 4 is 0 Å². The zero-order chi connectivity index (χ0) is 12.6. The Morgan fingerprint density at radius 1 is 1.33 bits per heavy atom. The molecule has 0 radical (unpaired) electrons. The molecule has 18 heavy (non-hydrogen) atoms. The molecule has 1 unspecified atom stereocenters. The highest BCUT2D eigenvalue weighted by Crippen LogP contribution is 2.14. The van der Waals surface area contributed by atoms with Gasteiger partial charge in [-0.05, 0) is 43.9 Å². The highest BCUT2D eigenvalue weighted by atomic mass is 16.5. The molecule has 1 aromatic rings. The van der Waals surface area contributed by atoms with Crippen LogP contribution < -0.4 is 10.1 Å². The fraction of sp³-hybridized carbons (Fsp3) is 0.600. The summed E-state index contributed by atoms with van der Waals surface area (Å²) in [4.78, 5) is 0. The first-order valence-corrected chi connectivity index (χ1v) is 6.91. The summed E-state index contributed by atoms with van der Waals surface area (Å²) in [5.41, 5.74) is 1.28. The molecular formula is C15H23NO2. The third-order valence-electron chi connectivity index (χ3n) is 3.26. The Kier molecular flexibility index (Phi) is 5.49. The molecule has 0 saturated carbocycles. The Labute approximate surface area is 109 Å². The van der Waals surface area contributed by atoms with Gasteiger partial charge in [-0.3, -0.25) is 0 Å². The van der Waals surface area contributed by atoms with E-state index in [1.165, 1.54) is 12.0 Å². The van der Waals surface area contributed by atoms with Crippen LogP contribution in [0.5, 0.6) is 5.75 Å². The minimum atomic E-state index is 0.586. The molecule has 0 bridgehead atoms. The molecule has 0 spiro atoms. The first-order valence-electron chi connectivity index (χ1n) is 6.91. The molecule has 1 atom stereocenters. The molecule has 3 nitrogen and oxygen atoms in total. The van der Waals surface area contributed by atoms with Gasteiger partial charge in [0, 0.05) is 25.8 Å². The normalized spacial score (nSPS) is 20.4. The molecule has 100 valence electrons. The molecule has 1 fully saturated rings. The molecule has 0 amide bonds. The van der Waals surface area contributed by atoms with Gasteiger partial charge in [0.05, 0.1) is 6.61 Å². The lowest BCUT2D eigenvalue weighted by molar-refractivity contribution is 0.142. The van der Waals surface area contributed by atoms with Gasteiger partial charge in [-0.25, -0.2) is 0 Å². The Balaban J connectivity index is 1.83. The van der Waals surface area contributed by atoms with Crippen LogP contribution in [-0.2, 0) is 11.3 Å². The van der Waals surface area contributed by atoms with Gasteiger partial charge in [-0.2, -0.15) is 0 Å². The van der Waals surface area contributed by atoms with Crippen LogP contribution in [-0.4, -0.2) is 25.9 Å². The molecule has 0 aliphatic carbocycles. The highest BCUT2D eigenvalue weighted by molar-refractivity contribution is 5.28. The lowest BCUT2D eigenvalue weighted by atomic mass is 10.1. The summed E-state index contributed by atoms with van der Waals surface area (Å²) >= 11 is 0. The van der Waals surface area contributed by atoms with Crippen LogP contribution in [0.2, 0.25) is 0 Å². The number of hydrogen-bond acceptors (Lipinski definition) is 3. The summed E-state index contributed by atoms with van der Waals surface area (Å²) in [5.74, 6) is 0.959. The molecule has 1 saturated heterocycles. The number of hydrogen-bond donors (Lipinski definition) is 1. The molecule has 1 N–H and O–H groups in total. The minimum Gasteiger partial charge on any atom is -0.494 e. The topological polar surface area (TPSA) is 30.5 Å². The molecule has 1 aliphatic heterocycles. The maximum Gasteiger partial charge on any atom is 0.119 e. The molecule has 0 aromatic heterocycles. The summed E-state index contributed by atoms with van der Waals surface area (Å²) in [7, 11) is 0. The van der Waals surface area contributed by atoms with Crippen LogP contribution in [0.15, 0.2) is 24.3 Å². The molecule has 3 heteroatoms. The van der Waals surface area contributed by atoms with Crippen molar-refractivity contribution in [3.63, 3.8) is 0 Å². The monoisotopic (exact) mass is 249 g/mol. The van der Waals surface area contributed by atoms with E-state index in [0.717, 1.165) is 45.0 Å². The second kappa shape index (κ2) is 7.39. The Bertz CT molecular complexity index is 346. The standard InChI is InChI=1S/C15H23NO2/c1-2-18-15-7-3-5-13(11-15)12-16-14-6-4-9-17-10-8-14/h3,5,7,11,14,16H,2,4,6,8-10,12H2,1H3. The summed E-state index contributed by atoms with van der Waals surface area (Å²) in [5, 5.41) is 3.61. The van der Waals surface area contributed by atoms with Gasteiger partial charge in [-0.15, -0.1) is 0 Å². The predicted octanol–water partition coefficient (Wildman–Crippen LogP) is 2.74. The Hall–Kier alpha value is -1.06. The zero-order valence-corrected chi connectivity index (χ0v) is 11.2. The zero-order valence-electron chi connectivity index (χ0n) is 11.2. The average Bonchev–Trinajstić information content (AvgIpc) is 2.66. The van der Waals surface area contributed by atoms with Crippen molar-refractivity contribution in [2.75, 3.05) is 19.8 Å². The van der Waals surface area contributed by atoms with Crippen molar-refractivity contribution in [2.24, 2.45) is 0 Å². The highest BCUT2D eigenvalue weighted by Gasteiger charge is 2.11. The van der Waals surface area contributed by atoms with E-state index in [1.54, 1.807) is 0 Å². The lowest BCUT2D eigenvalue weighted by Gasteiger charge is -2.16. The number of benzene rings is 1. The molecule has 1 heterocycles. The van der Waals surface area contributed by atoms with E-state index in [4.69, 9.17) is 9.47 Å². The third-order valence-corrected chi connectivity index (χ3v) is 3.26. The maximum absolute atomic E-state index is 5.51. The van der Waals surface area contributed by atoms with Crippen molar-refractivity contribution in [1.82, 2.24) is 5.32 Å². The van der Waals surface area contributed by atoms with Gasteiger partial charge < -0.3 is 14.8 Å². The summed E-state index contributed by atoms with van der Waals surface area (Å²) in [6.07, 6.45) is 3.49. The van der Waals surface area contributed by atoms with E-state index >= 15 is 0 Å². The van der Waals surface area contributed by atoms with Gasteiger partial charge in [0.1, 0.15) is 5.75 Å². The Morgan fingerprint density at radius 2 is 2.28 bits per heavy atom. The average molecular weight is 249 g/mol. The van der Waals surface area contributed by atoms with Crippen LogP contribution in [0.25, 0.3) is 0 Å². The van der Waals surface area contributed by atoms with Gasteiger partial charge in [0.15, 0.2) is 0 Å². The summed E-state index contributed by atoms with van der Waals surface area (Å²) < 4.78 is 11.0. The van der Waals surface area contributed by atoms with Gasteiger partial charge in [-0.1, -0.05) is 12.1 Å². The van der Waals surface area contributed by atoms with Gasteiger partial charge >= 0.3 is 0 Å². The molecule has 1 aromatic carbocycles. The van der Waals surface area contributed by atoms with E-state index in [-0.39, 0.29) is 0 Å². The maximum atomic E-state index is 5.51.